The number of rotatable bonds is 7. The average molecular weight is 324 g/mol. The largest absolute Gasteiger partial charge is 0.392 e. The molecule has 6 heteroatoms. The molecule has 0 saturated carbocycles. The molecule has 1 saturated heterocycles. The standard InChI is InChI=1S/C16H31F3N2O/c1-12(2)14(22)15(3,4)11-20-13-5-8-21(9-6-13)10-7-16(17,18)19/h12-14,20,22H,5-11H2,1-4H3. The number of hydrogen-bond acceptors (Lipinski definition) is 3. The summed E-state index contributed by atoms with van der Waals surface area (Å²) in [5.41, 5.74) is -0.207. The lowest BCUT2D eigenvalue weighted by Gasteiger charge is -2.37. The fourth-order valence-corrected chi connectivity index (χ4v) is 3.06. The van der Waals surface area contributed by atoms with Crippen molar-refractivity contribution >= 4 is 0 Å². The van der Waals surface area contributed by atoms with E-state index in [0.717, 1.165) is 19.4 Å². The van der Waals surface area contributed by atoms with Crippen LogP contribution in [0.4, 0.5) is 13.2 Å². The van der Waals surface area contributed by atoms with E-state index in [1.165, 1.54) is 0 Å². The van der Waals surface area contributed by atoms with Gasteiger partial charge in [-0.15, -0.1) is 0 Å². The molecule has 1 rings (SSSR count). The minimum atomic E-state index is -4.06. The molecule has 3 nitrogen and oxygen atoms in total. The lowest BCUT2D eigenvalue weighted by Crippen LogP contribution is -2.48. The van der Waals surface area contributed by atoms with Crippen LogP contribution in [0.25, 0.3) is 0 Å². The molecule has 0 aliphatic carbocycles. The monoisotopic (exact) mass is 324 g/mol. The number of nitrogens with zero attached hydrogens (tertiary/aromatic N) is 1. The number of aliphatic hydroxyl groups excluding tert-OH is 1. The molecule has 0 aromatic rings. The Bertz CT molecular complexity index is 324. The van der Waals surface area contributed by atoms with Gasteiger partial charge in [-0.1, -0.05) is 27.7 Å². The van der Waals surface area contributed by atoms with Crippen molar-refractivity contribution in [3.8, 4) is 0 Å². The third-order valence-corrected chi connectivity index (χ3v) is 4.58. The molecule has 0 bridgehead atoms. The quantitative estimate of drug-likeness (QED) is 0.755. The van der Waals surface area contributed by atoms with Gasteiger partial charge in [0.2, 0.25) is 0 Å². The smallest absolute Gasteiger partial charge is 0.390 e. The van der Waals surface area contributed by atoms with Crippen molar-refractivity contribution in [3.05, 3.63) is 0 Å². The highest BCUT2D eigenvalue weighted by atomic mass is 19.4. The normalized spacial score (nSPS) is 20.6. The molecule has 1 aliphatic rings. The van der Waals surface area contributed by atoms with Crippen molar-refractivity contribution in [2.24, 2.45) is 11.3 Å². The van der Waals surface area contributed by atoms with E-state index in [9.17, 15) is 18.3 Å². The SMILES string of the molecule is CC(C)C(O)C(C)(C)CNC1CCN(CCC(F)(F)F)CC1. The molecule has 0 aromatic carbocycles. The molecular formula is C16H31F3N2O. The maximum absolute atomic E-state index is 12.2. The van der Waals surface area contributed by atoms with Gasteiger partial charge in [0.1, 0.15) is 0 Å². The molecule has 1 aliphatic heterocycles. The number of nitrogens with one attached hydrogen (secondary N) is 1. The summed E-state index contributed by atoms with van der Waals surface area (Å²) in [6.45, 7) is 10.3. The molecule has 1 heterocycles. The summed E-state index contributed by atoms with van der Waals surface area (Å²) in [6.07, 6.45) is -3.42. The van der Waals surface area contributed by atoms with Gasteiger partial charge in [0.05, 0.1) is 12.5 Å². The van der Waals surface area contributed by atoms with Gasteiger partial charge in [0, 0.05) is 24.5 Å². The molecule has 2 N–H and O–H groups in total. The van der Waals surface area contributed by atoms with E-state index in [2.05, 4.69) is 5.32 Å². The minimum absolute atomic E-state index is 0.105. The van der Waals surface area contributed by atoms with E-state index < -0.39 is 12.6 Å². The topological polar surface area (TPSA) is 35.5 Å². The fourth-order valence-electron chi connectivity index (χ4n) is 3.06. The van der Waals surface area contributed by atoms with Crippen LogP contribution in [0.1, 0.15) is 47.0 Å². The average Bonchev–Trinajstić information content (AvgIpc) is 2.42. The van der Waals surface area contributed by atoms with Gasteiger partial charge in [-0.05, 0) is 31.8 Å². The van der Waals surface area contributed by atoms with E-state index in [1.54, 1.807) is 0 Å². The highest BCUT2D eigenvalue weighted by Gasteiger charge is 2.32. The first-order valence-electron chi connectivity index (χ1n) is 8.22. The lowest BCUT2D eigenvalue weighted by atomic mass is 9.80. The first-order valence-corrected chi connectivity index (χ1v) is 8.22. The van der Waals surface area contributed by atoms with Crippen LogP contribution in [0.15, 0.2) is 0 Å². The summed E-state index contributed by atoms with van der Waals surface area (Å²) in [7, 11) is 0. The lowest BCUT2D eigenvalue weighted by molar-refractivity contribution is -0.138. The highest BCUT2D eigenvalue weighted by Crippen LogP contribution is 2.26. The number of hydrogen-bond donors (Lipinski definition) is 2. The number of halogens is 3. The van der Waals surface area contributed by atoms with E-state index >= 15 is 0 Å². The van der Waals surface area contributed by atoms with Crippen LogP contribution in [0.5, 0.6) is 0 Å². The predicted octanol–water partition coefficient (Wildman–Crippen LogP) is 3.04. The molecule has 0 spiro atoms. The van der Waals surface area contributed by atoms with Crippen molar-refractivity contribution in [3.63, 3.8) is 0 Å². The van der Waals surface area contributed by atoms with Crippen molar-refractivity contribution in [1.29, 1.82) is 0 Å². The molecule has 132 valence electrons. The van der Waals surface area contributed by atoms with Crippen LogP contribution in [0.2, 0.25) is 0 Å². The van der Waals surface area contributed by atoms with Crippen molar-refractivity contribution in [1.82, 2.24) is 10.2 Å². The number of likely N-dealkylation sites (tertiary alicyclic amines) is 1. The van der Waals surface area contributed by atoms with E-state index in [4.69, 9.17) is 0 Å². The molecule has 1 unspecified atom stereocenters. The summed E-state index contributed by atoms with van der Waals surface area (Å²) in [6, 6.07) is 0.334. The zero-order chi connectivity index (χ0) is 17.0. The molecule has 1 atom stereocenters. The van der Waals surface area contributed by atoms with Crippen LogP contribution in [0, 0.1) is 11.3 Å². The van der Waals surface area contributed by atoms with Gasteiger partial charge in [0.25, 0.3) is 0 Å². The summed E-state index contributed by atoms with van der Waals surface area (Å²) >= 11 is 0. The Hall–Kier alpha value is -0.330. The second-order valence-corrected chi connectivity index (χ2v) is 7.54. The third kappa shape index (κ3) is 6.84. The Kier molecular flexibility index (Phi) is 7.15. The van der Waals surface area contributed by atoms with Gasteiger partial charge in [-0.3, -0.25) is 0 Å². The predicted molar refractivity (Wildman–Crippen MR) is 82.8 cm³/mol. The van der Waals surface area contributed by atoms with Gasteiger partial charge in [0.15, 0.2) is 0 Å². The van der Waals surface area contributed by atoms with Crippen molar-refractivity contribution in [2.75, 3.05) is 26.2 Å². The second-order valence-electron chi connectivity index (χ2n) is 7.54. The first kappa shape index (κ1) is 19.7. The van der Waals surface area contributed by atoms with Crippen molar-refractivity contribution < 1.29 is 18.3 Å². The zero-order valence-electron chi connectivity index (χ0n) is 14.2. The molecule has 1 fully saturated rings. The van der Waals surface area contributed by atoms with Gasteiger partial charge in [-0.2, -0.15) is 13.2 Å². The molecular weight excluding hydrogens is 293 g/mol. The Morgan fingerprint density at radius 1 is 1.18 bits per heavy atom. The van der Waals surface area contributed by atoms with E-state index in [0.29, 0.717) is 19.1 Å². The van der Waals surface area contributed by atoms with Gasteiger partial charge in [-0.25, -0.2) is 0 Å². The number of piperidine rings is 1. The Morgan fingerprint density at radius 3 is 2.18 bits per heavy atom. The van der Waals surface area contributed by atoms with E-state index in [-0.39, 0.29) is 24.0 Å². The second kappa shape index (κ2) is 7.97. The summed E-state index contributed by atoms with van der Waals surface area (Å²) in [5.74, 6) is 0.209. The Morgan fingerprint density at radius 2 is 1.73 bits per heavy atom. The molecule has 22 heavy (non-hydrogen) atoms. The number of aliphatic hydroxyl groups is 1. The molecule has 0 aromatic heterocycles. The van der Waals surface area contributed by atoms with Crippen molar-refractivity contribution in [2.45, 2.75) is 65.3 Å². The Labute approximate surface area is 132 Å². The molecule has 0 amide bonds. The maximum Gasteiger partial charge on any atom is 0.390 e. The minimum Gasteiger partial charge on any atom is -0.392 e. The summed E-state index contributed by atoms with van der Waals surface area (Å²) in [4.78, 5) is 1.89. The Balaban J connectivity index is 2.28. The van der Waals surface area contributed by atoms with E-state index in [1.807, 2.05) is 32.6 Å². The van der Waals surface area contributed by atoms with Crippen LogP contribution in [-0.4, -0.2) is 54.5 Å². The molecule has 0 radical (unpaired) electrons. The van der Waals surface area contributed by atoms with Crippen LogP contribution >= 0.6 is 0 Å². The summed E-state index contributed by atoms with van der Waals surface area (Å²) < 4.78 is 36.7. The van der Waals surface area contributed by atoms with Crippen LogP contribution < -0.4 is 5.32 Å². The summed E-state index contributed by atoms with van der Waals surface area (Å²) in [5, 5.41) is 13.7. The highest BCUT2D eigenvalue weighted by molar-refractivity contribution is 4.85. The third-order valence-electron chi connectivity index (χ3n) is 4.58. The first-order chi connectivity index (χ1) is 10.0. The fraction of sp³-hybridized carbons (Fsp3) is 1.00. The zero-order valence-corrected chi connectivity index (χ0v) is 14.2. The van der Waals surface area contributed by atoms with Gasteiger partial charge < -0.3 is 15.3 Å². The number of alkyl halides is 3. The maximum atomic E-state index is 12.2. The van der Waals surface area contributed by atoms with Gasteiger partial charge >= 0.3 is 6.18 Å². The van der Waals surface area contributed by atoms with Crippen LogP contribution in [0.3, 0.4) is 0 Å². The van der Waals surface area contributed by atoms with Crippen LogP contribution in [-0.2, 0) is 0 Å².